The largest absolute Gasteiger partial charge is 0.306 e. The highest BCUT2D eigenvalue weighted by Gasteiger charge is 2.08. The van der Waals surface area contributed by atoms with Crippen LogP contribution >= 0.6 is 0 Å². The van der Waals surface area contributed by atoms with E-state index in [1.165, 1.54) is 5.56 Å². The van der Waals surface area contributed by atoms with Gasteiger partial charge in [-0.3, -0.25) is 0 Å². The van der Waals surface area contributed by atoms with Crippen LogP contribution in [0.3, 0.4) is 0 Å². The Morgan fingerprint density at radius 1 is 1.24 bits per heavy atom. The van der Waals surface area contributed by atoms with Gasteiger partial charge in [-0.1, -0.05) is 37.3 Å². The molecule has 21 heavy (non-hydrogen) atoms. The molecule has 1 N–H and O–H groups in total. The normalized spacial score (nSPS) is 12.7. The lowest BCUT2D eigenvalue weighted by Gasteiger charge is -2.17. The topological polar surface area (TPSA) is 42.2 Å². The summed E-state index contributed by atoms with van der Waals surface area (Å²) in [6, 6.07) is 12.9. The quantitative estimate of drug-likeness (QED) is 0.780. The predicted molar refractivity (Wildman–Crippen MR) is 84.0 cm³/mol. The Bertz CT molecular complexity index is 718. The van der Waals surface area contributed by atoms with Gasteiger partial charge in [0.25, 0.3) is 0 Å². The first-order valence-electron chi connectivity index (χ1n) is 7.35. The van der Waals surface area contributed by atoms with Gasteiger partial charge in [0.15, 0.2) is 5.65 Å². The lowest BCUT2D eigenvalue weighted by atomic mass is 10.0. The third kappa shape index (κ3) is 3.11. The van der Waals surface area contributed by atoms with Crippen LogP contribution in [0.25, 0.3) is 5.65 Å². The maximum atomic E-state index is 4.44. The summed E-state index contributed by atoms with van der Waals surface area (Å²) in [5.41, 5.74) is 4.35. The summed E-state index contributed by atoms with van der Waals surface area (Å²) < 4.78 is 1.84. The molecule has 4 heteroatoms. The Balaban J connectivity index is 1.72. The van der Waals surface area contributed by atoms with Crippen LogP contribution < -0.4 is 5.32 Å². The molecule has 4 nitrogen and oxygen atoms in total. The third-order valence-electron chi connectivity index (χ3n) is 3.65. The molecule has 0 saturated carbocycles. The summed E-state index contributed by atoms with van der Waals surface area (Å²) in [5, 5.41) is 8.00. The summed E-state index contributed by atoms with van der Waals surface area (Å²) in [7, 11) is 0. The van der Waals surface area contributed by atoms with E-state index in [0.717, 1.165) is 29.9 Å². The summed E-state index contributed by atoms with van der Waals surface area (Å²) in [6.07, 6.45) is 5.02. The number of rotatable bonds is 5. The second kappa shape index (κ2) is 6.06. The molecule has 1 unspecified atom stereocenters. The number of hydrogen-bond acceptors (Lipinski definition) is 3. The monoisotopic (exact) mass is 280 g/mol. The zero-order valence-electron chi connectivity index (χ0n) is 12.5. The number of benzene rings is 1. The third-order valence-corrected chi connectivity index (χ3v) is 3.65. The summed E-state index contributed by atoms with van der Waals surface area (Å²) in [5.74, 6) is 0. The van der Waals surface area contributed by atoms with Crippen LogP contribution in [-0.4, -0.2) is 14.6 Å². The van der Waals surface area contributed by atoms with Crippen LogP contribution in [0.1, 0.15) is 36.2 Å². The molecular formula is C17H20N4. The Labute approximate surface area is 124 Å². The average Bonchev–Trinajstić information content (AvgIpc) is 2.88. The number of hydrogen-bond donors (Lipinski definition) is 1. The van der Waals surface area contributed by atoms with E-state index in [4.69, 9.17) is 0 Å². The number of aromatic nitrogens is 3. The number of nitrogens with zero attached hydrogens (tertiary/aromatic N) is 3. The van der Waals surface area contributed by atoms with Crippen LogP contribution in [-0.2, 0) is 6.54 Å². The molecule has 3 aromatic rings. The van der Waals surface area contributed by atoms with Crippen LogP contribution in [0.5, 0.6) is 0 Å². The summed E-state index contributed by atoms with van der Waals surface area (Å²) in [6.45, 7) is 4.97. The summed E-state index contributed by atoms with van der Waals surface area (Å²) >= 11 is 0. The van der Waals surface area contributed by atoms with Crippen molar-refractivity contribution in [2.24, 2.45) is 0 Å². The van der Waals surface area contributed by atoms with Gasteiger partial charge in [0.05, 0.1) is 5.69 Å². The van der Waals surface area contributed by atoms with E-state index in [2.05, 4.69) is 46.6 Å². The molecule has 0 fully saturated rings. The minimum absolute atomic E-state index is 0.362. The van der Waals surface area contributed by atoms with E-state index in [1.54, 1.807) is 0 Å². The second-order valence-electron chi connectivity index (χ2n) is 5.30. The van der Waals surface area contributed by atoms with Crippen molar-refractivity contribution in [1.82, 2.24) is 19.9 Å². The van der Waals surface area contributed by atoms with Crippen LogP contribution in [0.4, 0.5) is 0 Å². The Kier molecular flexibility index (Phi) is 3.97. The van der Waals surface area contributed by atoms with Crippen molar-refractivity contribution in [3.8, 4) is 0 Å². The first kappa shape index (κ1) is 13.8. The van der Waals surface area contributed by atoms with Gasteiger partial charge >= 0.3 is 0 Å². The highest BCUT2D eigenvalue weighted by atomic mass is 15.2. The standard InChI is InChI=1S/C17H20N4/c1-3-16(15-7-5-4-6-8-15)18-10-14-11-19-17-9-13(2)20-21(17)12-14/h4-9,11-12,16,18H,3,10H2,1-2H3. The van der Waals surface area contributed by atoms with Crippen molar-refractivity contribution in [2.75, 3.05) is 0 Å². The Morgan fingerprint density at radius 3 is 2.81 bits per heavy atom. The number of nitrogens with one attached hydrogen (secondary N) is 1. The molecule has 0 bridgehead atoms. The lowest BCUT2D eigenvalue weighted by molar-refractivity contribution is 0.517. The van der Waals surface area contributed by atoms with Gasteiger partial charge < -0.3 is 5.32 Å². The maximum absolute atomic E-state index is 4.44. The van der Waals surface area contributed by atoms with Gasteiger partial charge in [0.1, 0.15) is 0 Å². The molecule has 0 aliphatic carbocycles. The van der Waals surface area contributed by atoms with Crippen LogP contribution in [0.15, 0.2) is 48.8 Å². The SMILES string of the molecule is CCC(NCc1cnc2cc(C)nn2c1)c1ccccc1. The van der Waals surface area contributed by atoms with Crippen molar-refractivity contribution in [1.29, 1.82) is 0 Å². The van der Waals surface area contributed by atoms with Gasteiger partial charge in [-0.2, -0.15) is 5.10 Å². The van der Waals surface area contributed by atoms with Crippen LogP contribution in [0, 0.1) is 6.92 Å². The molecule has 0 spiro atoms. The first-order valence-corrected chi connectivity index (χ1v) is 7.35. The molecule has 1 atom stereocenters. The maximum Gasteiger partial charge on any atom is 0.155 e. The van der Waals surface area contributed by atoms with Crippen molar-refractivity contribution in [3.05, 3.63) is 65.6 Å². The zero-order valence-corrected chi connectivity index (χ0v) is 12.5. The van der Waals surface area contributed by atoms with E-state index >= 15 is 0 Å². The molecule has 108 valence electrons. The van der Waals surface area contributed by atoms with Gasteiger partial charge in [-0.25, -0.2) is 9.50 Å². The van der Waals surface area contributed by atoms with Crippen molar-refractivity contribution < 1.29 is 0 Å². The molecule has 0 saturated heterocycles. The Hall–Kier alpha value is -2.20. The fraction of sp³-hybridized carbons (Fsp3) is 0.294. The molecule has 1 aromatic carbocycles. The van der Waals surface area contributed by atoms with E-state index in [0.29, 0.717) is 6.04 Å². The van der Waals surface area contributed by atoms with Gasteiger partial charge in [0, 0.05) is 36.6 Å². The molecule has 0 aliphatic rings. The number of fused-ring (bicyclic) bond motifs is 1. The molecular weight excluding hydrogens is 260 g/mol. The van der Waals surface area contributed by atoms with E-state index in [9.17, 15) is 0 Å². The predicted octanol–water partition coefficient (Wildman–Crippen LogP) is 3.28. The highest BCUT2D eigenvalue weighted by molar-refractivity contribution is 5.38. The minimum Gasteiger partial charge on any atom is -0.306 e. The second-order valence-corrected chi connectivity index (χ2v) is 5.30. The Morgan fingerprint density at radius 2 is 2.05 bits per heavy atom. The van der Waals surface area contributed by atoms with Gasteiger partial charge in [-0.15, -0.1) is 0 Å². The van der Waals surface area contributed by atoms with Gasteiger partial charge in [-0.05, 0) is 18.9 Å². The highest BCUT2D eigenvalue weighted by Crippen LogP contribution is 2.16. The molecule has 2 aromatic heterocycles. The fourth-order valence-corrected chi connectivity index (χ4v) is 2.55. The van der Waals surface area contributed by atoms with Crippen molar-refractivity contribution in [2.45, 2.75) is 32.9 Å². The average molecular weight is 280 g/mol. The fourth-order valence-electron chi connectivity index (χ4n) is 2.55. The molecule has 2 heterocycles. The smallest absolute Gasteiger partial charge is 0.155 e. The molecule has 0 radical (unpaired) electrons. The minimum atomic E-state index is 0.362. The summed E-state index contributed by atoms with van der Waals surface area (Å²) in [4.78, 5) is 4.44. The van der Waals surface area contributed by atoms with Gasteiger partial charge in [0.2, 0.25) is 0 Å². The molecule has 3 rings (SSSR count). The number of aryl methyl sites for hydroxylation is 1. The van der Waals surface area contributed by atoms with Crippen LogP contribution in [0.2, 0.25) is 0 Å². The van der Waals surface area contributed by atoms with E-state index in [-0.39, 0.29) is 0 Å². The zero-order chi connectivity index (χ0) is 14.7. The van der Waals surface area contributed by atoms with Crippen molar-refractivity contribution >= 4 is 5.65 Å². The first-order chi connectivity index (χ1) is 10.3. The molecule has 0 amide bonds. The lowest BCUT2D eigenvalue weighted by Crippen LogP contribution is -2.20. The molecule has 0 aliphatic heterocycles. The van der Waals surface area contributed by atoms with Crippen molar-refractivity contribution in [3.63, 3.8) is 0 Å². The van der Waals surface area contributed by atoms with E-state index in [1.807, 2.05) is 36.0 Å². The van der Waals surface area contributed by atoms with E-state index < -0.39 is 0 Å².